The molecule has 0 bridgehead atoms. The van der Waals surface area contributed by atoms with Gasteiger partial charge < -0.3 is 0 Å². The van der Waals surface area contributed by atoms with Crippen molar-refractivity contribution in [2.24, 2.45) is 0 Å². The fourth-order valence-electron chi connectivity index (χ4n) is 2.56. The maximum atomic E-state index is 4.71. The van der Waals surface area contributed by atoms with Crippen LogP contribution in [0.15, 0.2) is 42.5 Å². The first kappa shape index (κ1) is 14.5. The Morgan fingerprint density at radius 3 is 2.26 bits per heavy atom. The third kappa shape index (κ3) is 3.05. The standard InChI is InChI=1S/C19H16N2S2/c1-12-6-8-16-14(10-12)20-18(22-16)4-3-5-19-21-15-11-13(2)7-9-17(15)23-19/h3-4,6-11H,5H2,1-2H3. The Hall–Kier alpha value is -2.04. The summed E-state index contributed by atoms with van der Waals surface area (Å²) in [5.74, 6) is 0. The SMILES string of the molecule is Cc1ccc2sc(C=CCc3nc4cc(C)ccc4s3)nc2c1. The molecule has 114 valence electrons. The molecule has 0 unspecified atom stereocenters. The van der Waals surface area contributed by atoms with Gasteiger partial charge in [-0.2, -0.15) is 0 Å². The summed E-state index contributed by atoms with van der Waals surface area (Å²) in [7, 11) is 0. The normalized spacial score (nSPS) is 11.9. The van der Waals surface area contributed by atoms with Crippen LogP contribution in [0.25, 0.3) is 26.5 Å². The summed E-state index contributed by atoms with van der Waals surface area (Å²) in [6.45, 7) is 4.20. The van der Waals surface area contributed by atoms with Crippen LogP contribution in [0, 0.1) is 13.8 Å². The molecule has 4 aromatic rings. The molecule has 0 amide bonds. The lowest BCUT2D eigenvalue weighted by atomic mass is 10.2. The van der Waals surface area contributed by atoms with E-state index in [1.54, 1.807) is 22.7 Å². The van der Waals surface area contributed by atoms with Crippen LogP contribution in [-0.2, 0) is 6.42 Å². The fourth-order valence-corrected chi connectivity index (χ4v) is 4.36. The van der Waals surface area contributed by atoms with E-state index in [4.69, 9.17) is 4.98 Å². The van der Waals surface area contributed by atoms with Crippen molar-refractivity contribution < 1.29 is 0 Å². The van der Waals surface area contributed by atoms with Gasteiger partial charge in [0.15, 0.2) is 0 Å². The molecule has 0 spiro atoms. The van der Waals surface area contributed by atoms with E-state index in [0.29, 0.717) is 0 Å². The zero-order valence-electron chi connectivity index (χ0n) is 13.0. The molecule has 0 saturated carbocycles. The molecule has 4 rings (SSSR count). The van der Waals surface area contributed by atoms with Crippen molar-refractivity contribution in [2.75, 3.05) is 0 Å². The quantitative estimate of drug-likeness (QED) is 0.474. The van der Waals surface area contributed by atoms with E-state index in [2.05, 4.69) is 67.4 Å². The second-order valence-electron chi connectivity index (χ2n) is 5.71. The van der Waals surface area contributed by atoms with E-state index in [9.17, 15) is 0 Å². The summed E-state index contributed by atoms with van der Waals surface area (Å²) >= 11 is 3.50. The molecular formula is C19H16N2S2. The van der Waals surface area contributed by atoms with Crippen LogP contribution in [0.4, 0.5) is 0 Å². The molecule has 2 aromatic heterocycles. The minimum absolute atomic E-state index is 0.855. The van der Waals surface area contributed by atoms with Gasteiger partial charge in [0.25, 0.3) is 0 Å². The molecule has 0 aliphatic rings. The Morgan fingerprint density at radius 1 is 0.870 bits per heavy atom. The average Bonchev–Trinajstić information content (AvgIpc) is 3.09. The van der Waals surface area contributed by atoms with Gasteiger partial charge in [0.1, 0.15) is 5.01 Å². The molecule has 0 saturated heterocycles. The number of aromatic nitrogens is 2. The van der Waals surface area contributed by atoms with E-state index in [-0.39, 0.29) is 0 Å². The predicted molar refractivity (Wildman–Crippen MR) is 101 cm³/mol. The topological polar surface area (TPSA) is 25.8 Å². The number of hydrogen-bond donors (Lipinski definition) is 0. The first-order valence-electron chi connectivity index (χ1n) is 7.57. The van der Waals surface area contributed by atoms with Gasteiger partial charge in [-0.05, 0) is 55.3 Å². The first-order valence-corrected chi connectivity index (χ1v) is 9.20. The van der Waals surface area contributed by atoms with Crippen molar-refractivity contribution in [1.82, 2.24) is 9.97 Å². The number of rotatable bonds is 3. The lowest BCUT2D eigenvalue weighted by molar-refractivity contribution is 1.22. The fraction of sp³-hybridized carbons (Fsp3) is 0.158. The first-order chi connectivity index (χ1) is 11.2. The molecule has 0 aliphatic carbocycles. The van der Waals surface area contributed by atoms with Crippen LogP contribution in [0.1, 0.15) is 21.1 Å². The summed E-state index contributed by atoms with van der Waals surface area (Å²) < 4.78 is 2.50. The van der Waals surface area contributed by atoms with Crippen molar-refractivity contribution in [3.63, 3.8) is 0 Å². The van der Waals surface area contributed by atoms with Gasteiger partial charge in [-0.3, -0.25) is 0 Å². The van der Waals surface area contributed by atoms with Crippen molar-refractivity contribution >= 4 is 49.2 Å². The molecule has 2 heterocycles. The zero-order chi connectivity index (χ0) is 15.8. The summed E-state index contributed by atoms with van der Waals surface area (Å²) in [5, 5.41) is 2.21. The zero-order valence-corrected chi connectivity index (χ0v) is 14.7. The molecule has 2 nitrogen and oxygen atoms in total. The largest absolute Gasteiger partial charge is 0.241 e. The molecule has 23 heavy (non-hydrogen) atoms. The Bertz CT molecular complexity index is 1020. The Morgan fingerprint density at radius 2 is 1.52 bits per heavy atom. The van der Waals surface area contributed by atoms with Crippen molar-refractivity contribution in [3.05, 3.63) is 63.6 Å². The van der Waals surface area contributed by atoms with Crippen molar-refractivity contribution in [2.45, 2.75) is 20.3 Å². The van der Waals surface area contributed by atoms with Crippen molar-refractivity contribution in [3.8, 4) is 0 Å². The van der Waals surface area contributed by atoms with E-state index < -0.39 is 0 Å². The monoisotopic (exact) mass is 336 g/mol. The number of thiazole rings is 2. The highest BCUT2D eigenvalue weighted by Crippen LogP contribution is 2.25. The summed E-state index contributed by atoms with van der Waals surface area (Å²) in [6, 6.07) is 12.9. The van der Waals surface area contributed by atoms with Crippen LogP contribution < -0.4 is 0 Å². The molecule has 2 aromatic carbocycles. The van der Waals surface area contributed by atoms with Gasteiger partial charge >= 0.3 is 0 Å². The number of hydrogen-bond acceptors (Lipinski definition) is 4. The van der Waals surface area contributed by atoms with Crippen LogP contribution in [0.3, 0.4) is 0 Å². The lowest BCUT2D eigenvalue weighted by Crippen LogP contribution is -1.78. The average molecular weight is 336 g/mol. The number of aryl methyl sites for hydroxylation is 2. The molecule has 0 radical (unpaired) electrons. The van der Waals surface area contributed by atoms with Crippen LogP contribution >= 0.6 is 22.7 Å². The van der Waals surface area contributed by atoms with Crippen LogP contribution in [0.2, 0.25) is 0 Å². The Kier molecular flexibility index (Phi) is 3.71. The molecule has 0 aliphatic heterocycles. The van der Waals surface area contributed by atoms with E-state index in [1.165, 1.54) is 20.5 Å². The van der Waals surface area contributed by atoms with Gasteiger partial charge in [0, 0.05) is 6.42 Å². The summed E-state index contributed by atoms with van der Waals surface area (Å²) in [6.07, 6.45) is 5.12. The lowest BCUT2D eigenvalue weighted by Gasteiger charge is -1.88. The van der Waals surface area contributed by atoms with Gasteiger partial charge in [-0.25, -0.2) is 9.97 Å². The van der Waals surface area contributed by atoms with Gasteiger partial charge in [-0.1, -0.05) is 18.2 Å². The second-order valence-corrected chi connectivity index (χ2v) is 7.89. The molecule has 4 heteroatoms. The summed E-state index contributed by atoms with van der Waals surface area (Å²) in [4.78, 5) is 9.38. The maximum Gasteiger partial charge on any atom is 0.117 e. The minimum Gasteiger partial charge on any atom is -0.241 e. The van der Waals surface area contributed by atoms with E-state index >= 15 is 0 Å². The molecule has 0 N–H and O–H groups in total. The Balaban J connectivity index is 1.55. The Labute approximate surface area is 143 Å². The van der Waals surface area contributed by atoms with E-state index in [1.807, 2.05) is 0 Å². The third-order valence-electron chi connectivity index (χ3n) is 3.70. The highest BCUT2D eigenvalue weighted by atomic mass is 32.1. The number of allylic oxidation sites excluding steroid dienone is 1. The smallest absolute Gasteiger partial charge is 0.117 e. The number of nitrogens with zero attached hydrogens (tertiary/aromatic N) is 2. The van der Waals surface area contributed by atoms with Gasteiger partial charge in [0.05, 0.1) is 25.4 Å². The highest BCUT2D eigenvalue weighted by Gasteiger charge is 2.03. The van der Waals surface area contributed by atoms with Gasteiger partial charge in [0.2, 0.25) is 0 Å². The highest BCUT2D eigenvalue weighted by molar-refractivity contribution is 7.19. The number of fused-ring (bicyclic) bond motifs is 2. The third-order valence-corrected chi connectivity index (χ3v) is 5.76. The van der Waals surface area contributed by atoms with Gasteiger partial charge in [-0.15, -0.1) is 22.7 Å². The molecular weight excluding hydrogens is 320 g/mol. The predicted octanol–water partition coefficient (Wildman–Crippen LogP) is 5.78. The maximum absolute atomic E-state index is 4.71. The molecule has 0 atom stereocenters. The minimum atomic E-state index is 0.855. The summed E-state index contributed by atoms with van der Waals surface area (Å²) in [5.41, 5.74) is 4.71. The van der Waals surface area contributed by atoms with E-state index in [0.717, 1.165) is 27.5 Å². The van der Waals surface area contributed by atoms with Crippen LogP contribution in [-0.4, -0.2) is 9.97 Å². The second kappa shape index (κ2) is 5.87. The van der Waals surface area contributed by atoms with Crippen LogP contribution in [0.5, 0.6) is 0 Å². The molecule has 0 fully saturated rings. The number of benzene rings is 2. The van der Waals surface area contributed by atoms with Crippen molar-refractivity contribution in [1.29, 1.82) is 0 Å².